The zero-order chi connectivity index (χ0) is 47.6. The Labute approximate surface area is 454 Å². The van der Waals surface area contributed by atoms with E-state index in [0.717, 1.165) is 109 Å². The molecule has 0 spiro atoms. The summed E-state index contributed by atoms with van der Waals surface area (Å²) in [7, 11) is 0. The minimum absolute atomic E-state index is 0.160. The average molecular weight is 1420 g/mol. The summed E-state index contributed by atoms with van der Waals surface area (Å²) < 4.78 is 5.84. The van der Waals surface area contributed by atoms with Gasteiger partial charge in [-0.25, -0.2) is 0 Å². The Morgan fingerprint density at radius 1 is 0.348 bits per heavy atom. The van der Waals surface area contributed by atoms with Gasteiger partial charge in [0.1, 0.15) is 23.0 Å². The Hall–Kier alpha value is -1.56. The topological polar surface area (TPSA) is 143 Å². The van der Waals surface area contributed by atoms with E-state index in [1.807, 2.05) is 24.3 Å². The van der Waals surface area contributed by atoms with E-state index < -0.39 is 0 Å². The lowest BCUT2D eigenvalue weighted by atomic mass is 10.2. The van der Waals surface area contributed by atoms with E-state index in [9.17, 15) is 20.4 Å². The van der Waals surface area contributed by atoms with Crippen LogP contribution in [0.15, 0.2) is 104 Å². The van der Waals surface area contributed by atoms with Gasteiger partial charge in [-0.15, -0.1) is 0 Å². The van der Waals surface area contributed by atoms with E-state index in [2.05, 4.69) is 147 Å². The number of nitrogens with zero attached hydrogens (tertiary/aromatic N) is 8. The predicted molar refractivity (Wildman–Crippen MR) is 299 cm³/mol. The fourth-order valence-corrected chi connectivity index (χ4v) is 12.2. The third-order valence-corrected chi connectivity index (χ3v) is 14.9. The average Bonchev–Trinajstić information content (AvgIpc) is 3.26. The molecule has 0 bridgehead atoms. The van der Waals surface area contributed by atoms with Gasteiger partial charge in [0.05, 0.1) is 44.1 Å². The standard InChI is InChI=1S/C46H52Br8N8O4/c47-35-19-31(43(63)39(51)23-35)27-55-3-11-59-7-1-8-60(12-4-56-28-32-20-36(48)24-40(52)44(32)64)16-18-62(14-6-58-30-34-22-38(50)26-42(54)46(34)66)10-2-9-61(17-15-59)13-5-57-29-33-21-37(49)25-41(53)45(33)65/h19-30,63-66H,1-18H2. The van der Waals surface area contributed by atoms with Crippen molar-refractivity contribution in [2.45, 2.75) is 12.8 Å². The summed E-state index contributed by atoms with van der Waals surface area (Å²) >= 11 is 27.7. The highest BCUT2D eigenvalue weighted by Crippen LogP contribution is 2.33. The third kappa shape index (κ3) is 18.6. The molecule has 1 fully saturated rings. The summed E-state index contributed by atoms with van der Waals surface area (Å²) in [6.45, 7) is 12.2. The molecule has 0 amide bonds. The minimum Gasteiger partial charge on any atom is -0.506 e. The van der Waals surface area contributed by atoms with Crippen LogP contribution in [-0.4, -0.2) is 170 Å². The van der Waals surface area contributed by atoms with Crippen LogP contribution < -0.4 is 0 Å². The van der Waals surface area contributed by atoms with Crippen LogP contribution in [0.4, 0.5) is 0 Å². The van der Waals surface area contributed by atoms with Crippen LogP contribution in [0.2, 0.25) is 0 Å². The second-order valence-electron chi connectivity index (χ2n) is 15.5. The molecule has 20 heteroatoms. The van der Waals surface area contributed by atoms with Crippen molar-refractivity contribution in [2.75, 3.05) is 105 Å². The van der Waals surface area contributed by atoms with E-state index in [0.29, 0.717) is 66.3 Å². The first kappa shape index (κ1) is 55.4. The number of rotatable bonds is 16. The van der Waals surface area contributed by atoms with Gasteiger partial charge in [0.15, 0.2) is 0 Å². The molecule has 5 rings (SSSR count). The number of aromatic hydroxyl groups is 4. The number of phenols is 4. The van der Waals surface area contributed by atoms with E-state index in [-0.39, 0.29) is 23.0 Å². The molecule has 0 aromatic heterocycles. The second-order valence-corrected chi connectivity index (χ2v) is 22.6. The fraction of sp³-hybridized carbons (Fsp3) is 0.391. The number of hydrogen-bond acceptors (Lipinski definition) is 12. The van der Waals surface area contributed by atoms with Crippen LogP contribution in [0.5, 0.6) is 23.0 Å². The molecule has 1 aliphatic heterocycles. The third-order valence-electron chi connectivity index (χ3n) is 10.7. The largest absolute Gasteiger partial charge is 0.506 e. The first-order valence-corrected chi connectivity index (χ1v) is 27.6. The lowest BCUT2D eigenvalue weighted by Crippen LogP contribution is -2.43. The Morgan fingerprint density at radius 2 is 0.561 bits per heavy atom. The molecule has 4 aromatic rings. The SMILES string of the molecule is Oc1c(Br)cc(Br)cc1C=NCCN1CCCN(CCN=Cc2cc(Br)cc(Br)c2O)CCN(CCN=Cc2cc(Br)cc(Br)c2O)CCCN(CCN=Cc2cc(Br)cc(Br)c2O)CC1. The van der Waals surface area contributed by atoms with E-state index in [1.165, 1.54) is 0 Å². The van der Waals surface area contributed by atoms with Gasteiger partial charge in [-0.2, -0.15) is 0 Å². The monoisotopic (exact) mass is 1410 g/mol. The van der Waals surface area contributed by atoms with Crippen LogP contribution in [-0.2, 0) is 0 Å². The number of hydrogen-bond donors (Lipinski definition) is 4. The maximum atomic E-state index is 10.6. The first-order valence-electron chi connectivity index (χ1n) is 21.3. The highest BCUT2D eigenvalue weighted by Gasteiger charge is 2.16. The lowest BCUT2D eigenvalue weighted by Gasteiger charge is -2.31. The number of benzene rings is 4. The van der Waals surface area contributed by atoms with Crippen LogP contribution in [0.25, 0.3) is 0 Å². The van der Waals surface area contributed by atoms with Crippen LogP contribution >= 0.6 is 127 Å². The van der Waals surface area contributed by atoms with Crippen molar-refractivity contribution < 1.29 is 20.4 Å². The fourth-order valence-electron chi connectivity index (χ4n) is 7.13. The molecule has 4 aromatic carbocycles. The van der Waals surface area contributed by atoms with Crippen molar-refractivity contribution in [3.05, 3.63) is 107 Å². The van der Waals surface area contributed by atoms with E-state index in [1.54, 1.807) is 49.1 Å². The molecule has 12 nitrogen and oxygen atoms in total. The normalized spacial score (nSPS) is 16.1. The van der Waals surface area contributed by atoms with Gasteiger partial charge in [0.2, 0.25) is 0 Å². The van der Waals surface area contributed by atoms with Gasteiger partial charge in [-0.05, 0) is 151 Å². The molecular formula is C46H52Br8N8O4. The van der Waals surface area contributed by atoms with Gasteiger partial charge in [0, 0.05) is 117 Å². The van der Waals surface area contributed by atoms with Crippen molar-refractivity contribution >= 4 is 152 Å². The van der Waals surface area contributed by atoms with Crippen LogP contribution in [0.1, 0.15) is 35.1 Å². The molecule has 0 saturated carbocycles. The minimum atomic E-state index is 0.160. The van der Waals surface area contributed by atoms with E-state index in [4.69, 9.17) is 20.0 Å². The number of halogens is 8. The quantitative estimate of drug-likeness (QED) is 0.0812. The molecule has 1 heterocycles. The van der Waals surface area contributed by atoms with Crippen LogP contribution in [0, 0.1) is 0 Å². The van der Waals surface area contributed by atoms with Gasteiger partial charge in [-0.3, -0.25) is 20.0 Å². The van der Waals surface area contributed by atoms with Gasteiger partial charge in [-0.1, -0.05) is 63.7 Å². The number of aliphatic imine (C=N–C) groups is 4. The number of phenolic OH excluding ortho intramolecular Hbond substituents is 4. The van der Waals surface area contributed by atoms with Crippen molar-refractivity contribution in [2.24, 2.45) is 20.0 Å². The zero-order valence-electron chi connectivity index (χ0n) is 36.0. The lowest BCUT2D eigenvalue weighted by molar-refractivity contribution is 0.164. The molecule has 0 radical (unpaired) electrons. The summed E-state index contributed by atoms with van der Waals surface area (Å²) in [6, 6.07) is 14.6. The van der Waals surface area contributed by atoms with Crippen molar-refractivity contribution in [3.8, 4) is 23.0 Å². The van der Waals surface area contributed by atoms with Gasteiger partial charge < -0.3 is 40.0 Å². The molecular weight excluding hydrogens is 1370 g/mol. The molecule has 356 valence electrons. The molecule has 1 saturated heterocycles. The molecule has 0 atom stereocenters. The Bertz CT molecular complexity index is 2030. The molecule has 0 unspecified atom stereocenters. The van der Waals surface area contributed by atoms with Gasteiger partial charge in [0.25, 0.3) is 0 Å². The van der Waals surface area contributed by atoms with Gasteiger partial charge >= 0.3 is 0 Å². The first-order chi connectivity index (χ1) is 31.7. The predicted octanol–water partition coefficient (Wildman–Crippen LogP) is 11.4. The van der Waals surface area contributed by atoms with Crippen molar-refractivity contribution in [3.63, 3.8) is 0 Å². The summed E-state index contributed by atoms with van der Waals surface area (Å²) in [4.78, 5) is 28.8. The van der Waals surface area contributed by atoms with Crippen molar-refractivity contribution in [1.29, 1.82) is 0 Å². The Balaban J connectivity index is 1.31. The highest BCUT2D eigenvalue weighted by molar-refractivity contribution is 9.12. The smallest absolute Gasteiger partial charge is 0.138 e. The molecule has 0 aliphatic carbocycles. The molecule has 1 aliphatic rings. The maximum Gasteiger partial charge on any atom is 0.138 e. The summed E-state index contributed by atoms with van der Waals surface area (Å²) in [5, 5.41) is 42.4. The maximum absolute atomic E-state index is 10.6. The second kappa shape index (κ2) is 28.9. The van der Waals surface area contributed by atoms with E-state index >= 15 is 0 Å². The Morgan fingerprint density at radius 3 is 0.773 bits per heavy atom. The summed E-state index contributed by atoms with van der Waals surface area (Å²) in [6.07, 6.45) is 8.82. The van der Waals surface area contributed by atoms with Crippen LogP contribution in [0.3, 0.4) is 0 Å². The zero-order valence-corrected chi connectivity index (χ0v) is 48.7. The molecule has 66 heavy (non-hydrogen) atoms. The summed E-state index contributed by atoms with van der Waals surface area (Å²) in [5.74, 6) is 0.639. The van der Waals surface area contributed by atoms with Crippen molar-refractivity contribution in [1.82, 2.24) is 19.6 Å². The highest BCUT2D eigenvalue weighted by atomic mass is 79.9. The summed E-state index contributed by atoms with van der Waals surface area (Å²) in [5.41, 5.74) is 2.58. The molecule has 4 N–H and O–H groups in total. The Kier molecular flexibility index (Phi) is 24.3.